The Morgan fingerprint density at radius 3 is 2.86 bits per heavy atom. The number of carbonyl (C=O) groups is 1. The van der Waals surface area contributed by atoms with Gasteiger partial charge >= 0.3 is 5.97 Å². The zero-order chi connectivity index (χ0) is 20.2. The zero-order valence-corrected chi connectivity index (χ0v) is 17.9. The first-order valence-electron chi connectivity index (χ1n) is 11.4. The third-order valence-electron chi connectivity index (χ3n) is 8.84. The summed E-state index contributed by atoms with van der Waals surface area (Å²) in [4.78, 5) is 16.3. The van der Waals surface area contributed by atoms with Crippen molar-refractivity contribution in [3.05, 3.63) is 30.1 Å². The van der Waals surface area contributed by atoms with Crippen molar-refractivity contribution in [1.82, 2.24) is 4.98 Å². The molecule has 1 aliphatic heterocycles. The molecule has 2 heterocycles. The van der Waals surface area contributed by atoms with Crippen molar-refractivity contribution in [3.63, 3.8) is 0 Å². The predicted molar refractivity (Wildman–Crippen MR) is 112 cm³/mol. The Labute approximate surface area is 174 Å². The van der Waals surface area contributed by atoms with Gasteiger partial charge in [0.05, 0.1) is 12.8 Å². The maximum atomic E-state index is 11.9. The Kier molecular flexibility index (Phi) is 4.52. The molecular weight excluding hydrogens is 362 g/mol. The molecule has 0 aromatic carbocycles. The highest BCUT2D eigenvalue weighted by molar-refractivity contribution is 5.73. The van der Waals surface area contributed by atoms with Crippen molar-refractivity contribution in [2.24, 2.45) is 28.6 Å². The molecule has 3 aliphatic carbocycles. The summed E-state index contributed by atoms with van der Waals surface area (Å²) >= 11 is 0. The molecule has 1 saturated heterocycles. The van der Waals surface area contributed by atoms with Gasteiger partial charge in [0.2, 0.25) is 0 Å². The van der Waals surface area contributed by atoms with Gasteiger partial charge in [-0.05, 0) is 85.8 Å². The third kappa shape index (κ3) is 2.85. The smallest absolute Gasteiger partial charge is 0.306 e. The first-order chi connectivity index (χ1) is 14.0. The minimum Gasteiger partial charge on any atom is -0.492 e. The highest BCUT2D eigenvalue weighted by atomic mass is 16.5. The van der Waals surface area contributed by atoms with E-state index in [1.807, 2.05) is 19.3 Å². The number of hydrogen-bond acceptors (Lipinski definition) is 4. The summed E-state index contributed by atoms with van der Waals surface area (Å²) in [5.41, 5.74) is 3.07. The number of pyridine rings is 1. The summed E-state index contributed by atoms with van der Waals surface area (Å²) < 4.78 is 11.5. The second-order valence-corrected chi connectivity index (χ2v) is 10.1. The van der Waals surface area contributed by atoms with Gasteiger partial charge in [0, 0.05) is 18.0 Å². The Bertz CT molecular complexity index is 848. The molecular formula is C25H33NO3. The Morgan fingerprint density at radius 2 is 2.03 bits per heavy atom. The van der Waals surface area contributed by atoms with Gasteiger partial charge in [0.1, 0.15) is 11.9 Å². The summed E-state index contributed by atoms with van der Waals surface area (Å²) in [5, 5.41) is 0. The van der Waals surface area contributed by atoms with Crippen LogP contribution in [0.15, 0.2) is 24.5 Å². The molecule has 6 atom stereocenters. The largest absolute Gasteiger partial charge is 0.492 e. The van der Waals surface area contributed by atoms with E-state index in [1.165, 1.54) is 30.4 Å². The molecule has 156 valence electrons. The van der Waals surface area contributed by atoms with E-state index >= 15 is 0 Å². The lowest BCUT2D eigenvalue weighted by Crippen LogP contribution is -2.56. The molecule has 0 bridgehead atoms. The molecule has 0 radical (unpaired) electrons. The van der Waals surface area contributed by atoms with E-state index in [4.69, 9.17) is 9.47 Å². The lowest BCUT2D eigenvalue weighted by atomic mass is 9.47. The quantitative estimate of drug-likeness (QED) is 0.641. The van der Waals surface area contributed by atoms with Gasteiger partial charge in [-0.25, -0.2) is 0 Å². The second-order valence-electron chi connectivity index (χ2n) is 10.1. The number of allylic oxidation sites excluding steroid dienone is 2. The van der Waals surface area contributed by atoms with Crippen molar-refractivity contribution >= 4 is 11.5 Å². The Morgan fingerprint density at radius 1 is 1.17 bits per heavy atom. The van der Waals surface area contributed by atoms with Crippen LogP contribution in [0.25, 0.3) is 5.57 Å². The molecule has 4 nitrogen and oxygen atoms in total. The molecule has 0 amide bonds. The standard InChI is InChI=1S/C25H33NO3/c1-4-28-17-13-16(14-26-15-17)19-6-7-20-18-5-8-22-25(3,12-10-23(27)29-22)21(18)9-11-24(19,20)2/h6,13-15,18,20-22H,4-5,7-12H2,1-3H3/t18-,20-,21-,22?,24+,25+/m0/s1. The SMILES string of the molecule is CCOc1cncc(C2=CC[C@H]3[C@@H]4CCC5OC(=O)CC[C@]5(C)[C@H]4CC[C@]23C)c1. The summed E-state index contributed by atoms with van der Waals surface area (Å²) in [6.07, 6.45) is 13.9. The molecule has 29 heavy (non-hydrogen) atoms. The van der Waals surface area contributed by atoms with Crippen LogP contribution in [-0.2, 0) is 9.53 Å². The second kappa shape index (κ2) is 6.85. The van der Waals surface area contributed by atoms with Crippen molar-refractivity contribution < 1.29 is 14.3 Å². The fourth-order valence-electron chi connectivity index (χ4n) is 7.38. The lowest BCUT2D eigenvalue weighted by Gasteiger charge is -2.59. The molecule has 2 saturated carbocycles. The van der Waals surface area contributed by atoms with E-state index in [0.29, 0.717) is 24.9 Å². The van der Waals surface area contributed by atoms with Gasteiger partial charge in [0.15, 0.2) is 0 Å². The number of carbonyl (C=O) groups excluding carboxylic acids is 1. The molecule has 1 aromatic rings. The van der Waals surface area contributed by atoms with E-state index in [9.17, 15) is 4.79 Å². The van der Waals surface area contributed by atoms with E-state index in [-0.39, 0.29) is 22.9 Å². The van der Waals surface area contributed by atoms with Crippen LogP contribution >= 0.6 is 0 Å². The van der Waals surface area contributed by atoms with Gasteiger partial charge in [-0.2, -0.15) is 0 Å². The molecule has 3 fully saturated rings. The van der Waals surface area contributed by atoms with Crippen LogP contribution in [0.2, 0.25) is 0 Å². The average molecular weight is 396 g/mol. The number of rotatable bonds is 3. The summed E-state index contributed by atoms with van der Waals surface area (Å²) in [6, 6.07) is 2.17. The van der Waals surface area contributed by atoms with Crippen molar-refractivity contribution in [2.75, 3.05) is 6.61 Å². The monoisotopic (exact) mass is 395 g/mol. The highest BCUT2D eigenvalue weighted by Gasteiger charge is 2.59. The molecule has 0 spiro atoms. The summed E-state index contributed by atoms with van der Waals surface area (Å²) in [5.74, 6) is 2.96. The first-order valence-corrected chi connectivity index (χ1v) is 11.4. The minimum absolute atomic E-state index is 0.0121. The van der Waals surface area contributed by atoms with Gasteiger partial charge < -0.3 is 9.47 Å². The Hall–Kier alpha value is -1.84. The fraction of sp³-hybridized carbons (Fsp3) is 0.680. The number of hydrogen-bond donors (Lipinski definition) is 0. The first kappa shape index (κ1) is 19.1. The molecule has 1 aromatic heterocycles. The van der Waals surface area contributed by atoms with Crippen LogP contribution in [0.5, 0.6) is 5.75 Å². The van der Waals surface area contributed by atoms with Crippen molar-refractivity contribution in [1.29, 1.82) is 0 Å². The molecule has 0 N–H and O–H groups in total. The van der Waals surface area contributed by atoms with Crippen LogP contribution < -0.4 is 4.74 Å². The number of fused-ring (bicyclic) bond motifs is 5. The van der Waals surface area contributed by atoms with Crippen molar-refractivity contribution in [2.45, 2.75) is 71.8 Å². The van der Waals surface area contributed by atoms with Crippen LogP contribution in [0.1, 0.15) is 71.3 Å². The molecule has 4 aliphatic rings. The van der Waals surface area contributed by atoms with E-state index < -0.39 is 0 Å². The average Bonchev–Trinajstić information content (AvgIpc) is 3.06. The molecule has 5 rings (SSSR count). The number of nitrogens with zero attached hydrogens (tertiary/aromatic N) is 1. The van der Waals surface area contributed by atoms with E-state index in [2.05, 4.69) is 31.0 Å². The fourth-order valence-corrected chi connectivity index (χ4v) is 7.38. The van der Waals surface area contributed by atoms with Crippen LogP contribution in [0.3, 0.4) is 0 Å². The minimum atomic E-state index is 0.0121. The van der Waals surface area contributed by atoms with Gasteiger partial charge in [-0.15, -0.1) is 0 Å². The normalized spacial score (nSPS) is 40.9. The summed E-state index contributed by atoms with van der Waals surface area (Å²) in [7, 11) is 0. The van der Waals surface area contributed by atoms with Gasteiger partial charge in [0.25, 0.3) is 0 Å². The van der Waals surface area contributed by atoms with Gasteiger partial charge in [-0.3, -0.25) is 9.78 Å². The number of ether oxygens (including phenoxy) is 2. The molecule has 1 unspecified atom stereocenters. The topological polar surface area (TPSA) is 48.4 Å². The predicted octanol–water partition coefficient (Wildman–Crippen LogP) is 5.42. The van der Waals surface area contributed by atoms with Gasteiger partial charge in [-0.1, -0.05) is 19.9 Å². The number of aromatic nitrogens is 1. The molecule has 4 heteroatoms. The maximum absolute atomic E-state index is 11.9. The van der Waals surface area contributed by atoms with Crippen LogP contribution in [0, 0.1) is 28.6 Å². The third-order valence-corrected chi connectivity index (χ3v) is 8.84. The maximum Gasteiger partial charge on any atom is 0.306 e. The zero-order valence-electron chi connectivity index (χ0n) is 17.9. The summed E-state index contributed by atoms with van der Waals surface area (Å²) in [6.45, 7) is 7.56. The Balaban J connectivity index is 1.42. The van der Waals surface area contributed by atoms with Crippen LogP contribution in [0.4, 0.5) is 0 Å². The lowest BCUT2D eigenvalue weighted by molar-refractivity contribution is -0.189. The highest BCUT2D eigenvalue weighted by Crippen LogP contribution is 2.66. The van der Waals surface area contributed by atoms with Crippen molar-refractivity contribution in [3.8, 4) is 5.75 Å². The van der Waals surface area contributed by atoms with E-state index in [0.717, 1.165) is 30.9 Å². The van der Waals surface area contributed by atoms with Crippen LogP contribution in [-0.4, -0.2) is 23.7 Å². The van der Waals surface area contributed by atoms with E-state index in [1.54, 1.807) is 0 Å². The number of esters is 1.